The average molecular weight is 482 g/mol. The van der Waals surface area contributed by atoms with Crippen LogP contribution >= 0.6 is 35.1 Å². The number of halogens is 1. The summed E-state index contributed by atoms with van der Waals surface area (Å²) in [7, 11) is 0. The number of nitrogens with one attached hydrogen (secondary N) is 2. The number of nitrogens with zero attached hydrogens (tertiary/aromatic N) is 3. The van der Waals surface area contributed by atoms with E-state index in [-0.39, 0.29) is 12.2 Å². The fourth-order valence-corrected chi connectivity index (χ4v) is 5.50. The third-order valence-corrected chi connectivity index (χ3v) is 7.12. The summed E-state index contributed by atoms with van der Waals surface area (Å²) in [4.78, 5) is 38.0. The van der Waals surface area contributed by atoms with Crippen molar-refractivity contribution < 1.29 is 23.9 Å². The lowest BCUT2D eigenvalue weighted by atomic mass is 10.0. The summed E-state index contributed by atoms with van der Waals surface area (Å²) >= 11 is 8.43. The molecule has 0 bridgehead atoms. The van der Waals surface area contributed by atoms with Gasteiger partial charge in [-0.3, -0.25) is 9.69 Å². The van der Waals surface area contributed by atoms with E-state index in [9.17, 15) is 19.5 Å². The Labute approximate surface area is 189 Å². The van der Waals surface area contributed by atoms with Gasteiger partial charge in [-0.25, -0.2) is 9.59 Å². The van der Waals surface area contributed by atoms with Gasteiger partial charge in [-0.05, 0) is 23.3 Å². The fourth-order valence-electron chi connectivity index (χ4n) is 3.15. The molecule has 1 saturated heterocycles. The van der Waals surface area contributed by atoms with Crippen molar-refractivity contribution in [1.82, 2.24) is 25.7 Å². The number of carbonyl (C=O) groups is 3. The summed E-state index contributed by atoms with van der Waals surface area (Å²) in [6.07, 6.45) is 1.19. The third-order valence-electron chi connectivity index (χ3n) is 4.61. The topological polar surface area (TPSA) is 138 Å². The molecule has 10 nitrogen and oxygen atoms in total. The van der Waals surface area contributed by atoms with Crippen molar-refractivity contribution in [2.45, 2.75) is 23.2 Å². The molecule has 0 spiro atoms. The van der Waals surface area contributed by atoms with E-state index < -0.39 is 29.3 Å². The van der Waals surface area contributed by atoms with Crippen LogP contribution in [0.4, 0.5) is 4.79 Å². The zero-order valence-electron chi connectivity index (χ0n) is 15.8. The van der Waals surface area contributed by atoms with Crippen molar-refractivity contribution in [2.24, 2.45) is 0 Å². The molecule has 1 fully saturated rings. The van der Waals surface area contributed by atoms with E-state index in [0.29, 0.717) is 27.3 Å². The van der Waals surface area contributed by atoms with Gasteiger partial charge in [0, 0.05) is 23.1 Å². The Balaban J connectivity index is 1.37. The SMILES string of the molecule is O=C(NCc1ccc(Cl)cc1)NC1C(=O)N2C(C(=O)O)=C(CSc3nnco3)CS[C@H]12. The number of carboxylic acid groups (broad SMARTS) is 1. The molecule has 3 N–H and O–H groups in total. The molecule has 2 atom stereocenters. The molecule has 2 aliphatic rings. The minimum atomic E-state index is -1.19. The van der Waals surface area contributed by atoms with Crippen molar-refractivity contribution in [3.05, 3.63) is 52.5 Å². The van der Waals surface area contributed by atoms with Crippen molar-refractivity contribution in [3.8, 4) is 0 Å². The van der Waals surface area contributed by atoms with E-state index in [1.54, 1.807) is 24.3 Å². The Kier molecular flexibility index (Phi) is 6.39. The lowest BCUT2D eigenvalue weighted by Gasteiger charge is -2.49. The van der Waals surface area contributed by atoms with Gasteiger partial charge < -0.3 is 20.2 Å². The highest BCUT2D eigenvalue weighted by Crippen LogP contribution is 2.41. The van der Waals surface area contributed by atoms with E-state index in [2.05, 4.69) is 20.8 Å². The van der Waals surface area contributed by atoms with E-state index in [1.165, 1.54) is 34.8 Å². The van der Waals surface area contributed by atoms with Crippen molar-refractivity contribution in [3.63, 3.8) is 0 Å². The number of hydrogen-bond acceptors (Lipinski definition) is 8. The molecule has 1 aromatic heterocycles. The fraction of sp³-hybridized carbons (Fsp3) is 0.278. The van der Waals surface area contributed by atoms with Crippen LogP contribution in [0.1, 0.15) is 5.56 Å². The maximum atomic E-state index is 12.6. The maximum absolute atomic E-state index is 12.6. The minimum absolute atomic E-state index is 0.0552. The standard InChI is InChI=1S/C18H16ClN5O5S2/c19-11-3-1-9(2-4-11)5-20-17(28)22-12-14(25)24-13(16(26)27)10(6-30-15(12)24)7-31-18-23-21-8-29-18/h1-4,8,12,15H,5-7H2,(H,26,27)(H2,20,22,28)/t12?,15-/m1/s1. The summed E-state index contributed by atoms with van der Waals surface area (Å²) < 4.78 is 5.05. The van der Waals surface area contributed by atoms with Crippen molar-refractivity contribution >= 4 is 53.0 Å². The summed E-state index contributed by atoms with van der Waals surface area (Å²) in [5.41, 5.74) is 1.38. The molecule has 2 aromatic rings. The molecule has 13 heteroatoms. The quantitative estimate of drug-likeness (QED) is 0.400. The normalized spacial score (nSPS) is 20.2. The molecular weight excluding hydrogens is 466 g/mol. The first-order chi connectivity index (χ1) is 14.9. The summed E-state index contributed by atoms with van der Waals surface area (Å²) in [6, 6.07) is 5.70. The Hall–Kier alpha value is -2.70. The number of carboxylic acids is 1. The van der Waals surface area contributed by atoms with E-state index in [0.717, 1.165) is 5.56 Å². The smallest absolute Gasteiger partial charge is 0.352 e. The van der Waals surface area contributed by atoms with E-state index in [1.807, 2.05) is 0 Å². The molecular formula is C18H16ClN5O5S2. The Morgan fingerprint density at radius 3 is 2.81 bits per heavy atom. The Morgan fingerprint density at radius 2 is 2.13 bits per heavy atom. The first kappa shape index (κ1) is 21.5. The molecule has 162 valence electrons. The molecule has 3 heterocycles. The number of aromatic nitrogens is 2. The zero-order valence-corrected chi connectivity index (χ0v) is 18.2. The molecule has 0 radical (unpaired) electrons. The summed E-state index contributed by atoms with van der Waals surface area (Å²) in [5.74, 6) is -0.948. The molecule has 2 aliphatic heterocycles. The van der Waals surface area contributed by atoms with Gasteiger partial charge in [0.15, 0.2) is 0 Å². The van der Waals surface area contributed by atoms with Crippen LogP contribution in [-0.4, -0.2) is 61.0 Å². The largest absolute Gasteiger partial charge is 0.477 e. The number of urea groups is 1. The molecule has 31 heavy (non-hydrogen) atoms. The number of amides is 3. The van der Waals surface area contributed by atoms with Gasteiger partial charge in [-0.2, -0.15) is 0 Å². The third kappa shape index (κ3) is 4.65. The van der Waals surface area contributed by atoms with Crippen LogP contribution in [0.25, 0.3) is 0 Å². The lowest BCUT2D eigenvalue weighted by molar-refractivity contribution is -0.148. The summed E-state index contributed by atoms with van der Waals surface area (Å²) in [5, 5.41) is 22.8. The predicted molar refractivity (Wildman–Crippen MR) is 113 cm³/mol. The first-order valence-electron chi connectivity index (χ1n) is 9.02. The first-order valence-corrected chi connectivity index (χ1v) is 11.4. The highest BCUT2D eigenvalue weighted by atomic mass is 35.5. The van der Waals surface area contributed by atoms with Crippen LogP contribution in [-0.2, 0) is 16.1 Å². The molecule has 3 amide bonds. The van der Waals surface area contributed by atoms with Gasteiger partial charge in [0.25, 0.3) is 11.1 Å². The number of carbonyl (C=O) groups excluding carboxylic acids is 2. The molecule has 0 aliphatic carbocycles. The van der Waals surface area contributed by atoms with Crippen LogP contribution in [0.3, 0.4) is 0 Å². The second kappa shape index (κ2) is 9.20. The monoisotopic (exact) mass is 481 g/mol. The van der Waals surface area contributed by atoms with Crippen LogP contribution in [0, 0.1) is 0 Å². The van der Waals surface area contributed by atoms with Crippen LogP contribution in [0.5, 0.6) is 0 Å². The highest BCUT2D eigenvalue weighted by Gasteiger charge is 2.54. The average Bonchev–Trinajstić information content (AvgIpc) is 3.28. The van der Waals surface area contributed by atoms with Gasteiger partial charge in [-0.1, -0.05) is 35.5 Å². The number of thioether (sulfide) groups is 2. The van der Waals surface area contributed by atoms with Crippen LogP contribution in [0.15, 0.2) is 51.6 Å². The Morgan fingerprint density at radius 1 is 1.35 bits per heavy atom. The van der Waals surface area contributed by atoms with Gasteiger partial charge in [0.1, 0.15) is 17.1 Å². The number of aliphatic carboxylic acids is 1. The lowest BCUT2D eigenvalue weighted by Crippen LogP contribution is -2.71. The van der Waals surface area contributed by atoms with E-state index in [4.69, 9.17) is 16.0 Å². The van der Waals surface area contributed by atoms with E-state index >= 15 is 0 Å². The van der Waals surface area contributed by atoms with Crippen LogP contribution in [0.2, 0.25) is 5.02 Å². The number of hydrogen-bond donors (Lipinski definition) is 3. The second-order valence-corrected chi connectivity index (χ2v) is 9.06. The van der Waals surface area contributed by atoms with Gasteiger partial charge in [0.05, 0.1) is 0 Å². The van der Waals surface area contributed by atoms with Gasteiger partial charge >= 0.3 is 12.0 Å². The number of rotatable bonds is 7. The van der Waals surface area contributed by atoms with Gasteiger partial charge in [0.2, 0.25) is 6.39 Å². The minimum Gasteiger partial charge on any atom is -0.477 e. The summed E-state index contributed by atoms with van der Waals surface area (Å²) in [6.45, 7) is 0.267. The number of fused-ring (bicyclic) bond motifs is 1. The van der Waals surface area contributed by atoms with Gasteiger partial charge in [-0.15, -0.1) is 22.0 Å². The number of β-lactam (4-membered cyclic amide) rings is 1. The maximum Gasteiger partial charge on any atom is 0.352 e. The predicted octanol–water partition coefficient (Wildman–Crippen LogP) is 1.94. The Bertz CT molecular complexity index is 1030. The molecule has 0 saturated carbocycles. The molecule has 4 rings (SSSR count). The molecule has 1 aromatic carbocycles. The second-order valence-electron chi connectivity index (χ2n) is 6.59. The zero-order chi connectivity index (χ0) is 22.0. The van der Waals surface area contributed by atoms with Crippen molar-refractivity contribution in [1.29, 1.82) is 0 Å². The number of benzene rings is 1. The highest BCUT2D eigenvalue weighted by molar-refractivity contribution is 8.01. The molecule has 1 unspecified atom stereocenters. The van der Waals surface area contributed by atoms with Crippen molar-refractivity contribution in [2.75, 3.05) is 11.5 Å². The van der Waals surface area contributed by atoms with Crippen LogP contribution < -0.4 is 10.6 Å².